The third kappa shape index (κ3) is 11.2. The molecule has 1 saturated heterocycles. The number of rotatable bonds is 14. The number of pyridine rings is 1. The van der Waals surface area contributed by atoms with Crippen LogP contribution in [0.4, 0.5) is 5.69 Å². The number of benzene rings is 4. The number of aromatic nitrogens is 1. The van der Waals surface area contributed by atoms with Crippen molar-refractivity contribution in [3.05, 3.63) is 157 Å². The van der Waals surface area contributed by atoms with Crippen LogP contribution in [0.3, 0.4) is 0 Å². The van der Waals surface area contributed by atoms with E-state index in [0.717, 1.165) is 48.3 Å². The summed E-state index contributed by atoms with van der Waals surface area (Å²) in [6.45, 7) is 6.35. The number of nitrogens with zero attached hydrogens (tertiary/aromatic N) is 4. The lowest BCUT2D eigenvalue weighted by atomic mass is 10.1. The second kappa shape index (κ2) is 19.3. The number of ether oxygens (including phenoxy) is 3. The Morgan fingerprint density at radius 3 is 2.24 bits per heavy atom. The minimum atomic E-state index is -0.428. The van der Waals surface area contributed by atoms with Crippen LogP contribution < -0.4 is 14.2 Å². The molecular formula is C41H39Cl3N4O6. The maximum atomic E-state index is 13.0. The number of amides is 1. The fourth-order valence-electron chi connectivity index (χ4n) is 5.80. The van der Waals surface area contributed by atoms with Gasteiger partial charge in [0, 0.05) is 74.0 Å². The first-order valence-corrected chi connectivity index (χ1v) is 17.9. The molecule has 10 nitrogen and oxygen atoms in total. The molecule has 0 N–H and O–H groups in total. The van der Waals surface area contributed by atoms with Crippen LogP contribution in [0.2, 0.25) is 10.0 Å². The number of nitro benzene ring substituents is 1. The molecule has 1 aliphatic rings. The summed E-state index contributed by atoms with van der Waals surface area (Å²) in [5.74, 6) is 2.01. The Bertz CT molecular complexity index is 2030. The monoisotopic (exact) mass is 788 g/mol. The van der Waals surface area contributed by atoms with Crippen molar-refractivity contribution in [2.45, 2.75) is 26.5 Å². The standard InChI is InChI=1S/C41H38Cl2N4O6.ClH/c1-29-24-32(25-38(43)41(29)53-39-16-15-36(26-44-39)52-28-33-4-2-3-5-37(33)42)10-17-40(48)46-21-19-45(20-22-46)27-31-8-6-30(7-9-31)18-23-51-35-13-11-34(12-14-35)47(49)50;/h2-17,24-26H,18-23,27-28H2,1H3;1H/b17-10+;. The van der Waals surface area contributed by atoms with Gasteiger partial charge >= 0.3 is 0 Å². The van der Waals surface area contributed by atoms with Gasteiger partial charge in [0.05, 0.1) is 22.7 Å². The second-order valence-corrected chi connectivity index (χ2v) is 13.4. The lowest BCUT2D eigenvalue weighted by Crippen LogP contribution is -2.47. The summed E-state index contributed by atoms with van der Waals surface area (Å²) in [6, 6.07) is 29.2. The number of piperazine rings is 1. The summed E-state index contributed by atoms with van der Waals surface area (Å²) in [5, 5.41) is 11.9. The Balaban J connectivity index is 0.00000561. The molecule has 0 aliphatic carbocycles. The molecule has 6 rings (SSSR count). The van der Waals surface area contributed by atoms with Crippen LogP contribution in [-0.4, -0.2) is 58.4 Å². The number of non-ortho nitro benzene ring substituents is 1. The Morgan fingerprint density at radius 2 is 1.57 bits per heavy atom. The van der Waals surface area contributed by atoms with E-state index in [0.29, 0.717) is 59.5 Å². The smallest absolute Gasteiger partial charge is 0.269 e. The van der Waals surface area contributed by atoms with E-state index in [4.69, 9.17) is 37.4 Å². The maximum absolute atomic E-state index is 13.0. The number of carbonyl (C=O) groups excluding carboxylic acids is 1. The van der Waals surface area contributed by atoms with Crippen LogP contribution in [0.15, 0.2) is 109 Å². The highest BCUT2D eigenvalue weighted by Crippen LogP contribution is 2.34. The first-order chi connectivity index (χ1) is 25.7. The largest absolute Gasteiger partial charge is 0.493 e. The third-order valence-electron chi connectivity index (χ3n) is 8.76. The van der Waals surface area contributed by atoms with Crippen LogP contribution in [0.1, 0.15) is 27.8 Å². The molecule has 0 bridgehead atoms. The Hall–Kier alpha value is -5.13. The van der Waals surface area contributed by atoms with Gasteiger partial charge in [-0.25, -0.2) is 4.98 Å². The number of hydrogen-bond donors (Lipinski definition) is 0. The molecule has 1 aliphatic heterocycles. The minimum Gasteiger partial charge on any atom is -0.493 e. The minimum absolute atomic E-state index is 0. The highest BCUT2D eigenvalue weighted by atomic mass is 35.5. The quantitative estimate of drug-likeness (QED) is 0.0623. The number of aryl methyl sites for hydroxylation is 1. The Morgan fingerprint density at radius 1 is 0.870 bits per heavy atom. The molecule has 0 atom stereocenters. The van der Waals surface area contributed by atoms with E-state index >= 15 is 0 Å². The van der Waals surface area contributed by atoms with Gasteiger partial charge in [-0.3, -0.25) is 19.8 Å². The van der Waals surface area contributed by atoms with Crippen LogP contribution in [0.25, 0.3) is 6.08 Å². The number of nitro groups is 1. The molecule has 0 unspecified atom stereocenters. The average Bonchev–Trinajstić information content (AvgIpc) is 3.16. The number of carbonyl (C=O) groups is 1. The summed E-state index contributed by atoms with van der Waals surface area (Å²) < 4.78 is 17.5. The molecule has 4 aromatic carbocycles. The number of halogens is 3. The molecule has 0 saturated carbocycles. The summed E-state index contributed by atoms with van der Waals surface area (Å²) in [7, 11) is 0. The van der Waals surface area contributed by atoms with Gasteiger partial charge in [0.15, 0.2) is 5.75 Å². The zero-order valence-electron chi connectivity index (χ0n) is 29.5. The fourth-order valence-corrected chi connectivity index (χ4v) is 6.30. The molecule has 13 heteroatoms. The van der Waals surface area contributed by atoms with Gasteiger partial charge < -0.3 is 19.1 Å². The maximum Gasteiger partial charge on any atom is 0.269 e. The van der Waals surface area contributed by atoms with Crippen molar-refractivity contribution in [1.29, 1.82) is 0 Å². The zero-order valence-corrected chi connectivity index (χ0v) is 31.9. The molecule has 0 radical (unpaired) electrons. The summed E-state index contributed by atoms with van der Waals surface area (Å²) in [4.78, 5) is 32.0. The first-order valence-electron chi connectivity index (χ1n) is 17.1. The van der Waals surface area contributed by atoms with Gasteiger partial charge in [-0.1, -0.05) is 65.7 Å². The molecular weight excluding hydrogens is 751 g/mol. The van der Waals surface area contributed by atoms with Gasteiger partial charge in [0.1, 0.15) is 18.1 Å². The highest BCUT2D eigenvalue weighted by molar-refractivity contribution is 6.32. The van der Waals surface area contributed by atoms with Crippen molar-refractivity contribution in [2.75, 3.05) is 32.8 Å². The molecule has 1 amide bonds. The predicted octanol–water partition coefficient (Wildman–Crippen LogP) is 9.38. The van der Waals surface area contributed by atoms with Crippen molar-refractivity contribution in [1.82, 2.24) is 14.8 Å². The summed E-state index contributed by atoms with van der Waals surface area (Å²) in [6.07, 6.45) is 5.68. The summed E-state index contributed by atoms with van der Waals surface area (Å²) in [5.41, 5.74) is 4.88. The van der Waals surface area contributed by atoms with E-state index in [9.17, 15) is 14.9 Å². The second-order valence-electron chi connectivity index (χ2n) is 12.6. The lowest BCUT2D eigenvalue weighted by Gasteiger charge is -2.34. The van der Waals surface area contributed by atoms with E-state index in [-0.39, 0.29) is 24.0 Å². The average molecular weight is 790 g/mol. The third-order valence-corrected chi connectivity index (χ3v) is 9.41. The van der Waals surface area contributed by atoms with Crippen LogP contribution in [0.5, 0.6) is 23.1 Å². The van der Waals surface area contributed by atoms with Gasteiger partial charge in [0.25, 0.3) is 5.69 Å². The van der Waals surface area contributed by atoms with Crippen molar-refractivity contribution in [3.63, 3.8) is 0 Å². The van der Waals surface area contributed by atoms with Gasteiger partial charge in [0.2, 0.25) is 11.8 Å². The van der Waals surface area contributed by atoms with Gasteiger partial charge in [-0.15, -0.1) is 12.4 Å². The van der Waals surface area contributed by atoms with Crippen LogP contribution in [-0.2, 0) is 24.4 Å². The fraction of sp³-hybridized carbons (Fsp3) is 0.220. The van der Waals surface area contributed by atoms with Crippen molar-refractivity contribution in [2.24, 2.45) is 0 Å². The van der Waals surface area contributed by atoms with Crippen molar-refractivity contribution >= 4 is 53.3 Å². The normalized spacial score (nSPS) is 13.0. The molecule has 2 heterocycles. The summed E-state index contributed by atoms with van der Waals surface area (Å²) >= 11 is 12.8. The zero-order chi connectivity index (χ0) is 37.2. The first kappa shape index (κ1) is 40.1. The Kier molecular flexibility index (Phi) is 14.3. The van der Waals surface area contributed by atoms with Gasteiger partial charge in [-0.2, -0.15) is 0 Å². The molecule has 54 heavy (non-hydrogen) atoms. The Labute approximate surface area is 330 Å². The molecule has 5 aromatic rings. The van der Waals surface area contributed by atoms with Crippen molar-refractivity contribution < 1.29 is 23.9 Å². The molecule has 0 spiro atoms. The van der Waals surface area contributed by atoms with E-state index in [2.05, 4.69) is 34.1 Å². The highest BCUT2D eigenvalue weighted by Gasteiger charge is 2.20. The topological polar surface area (TPSA) is 107 Å². The van der Waals surface area contributed by atoms with E-state index < -0.39 is 4.92 Å². The molecule has 1 aromatic heterocycles. The van der Waals surface area contributed by atoms with E-state index in [1.165, 1.54) is 17.7 Å². The molecule has 1 fully saturated rings. The van der Waals surface area contributed by atoms with Gasteiger partial charge in [-0.05, 0) is 71.7 Å². The van der Waals surface area contributed by atoms with E-state index in [1.807, 2.05) is 42.2 Å². The number of hydrogen-bond acceptors (Lipinski definition) is 8. The van der Waals surface area contributed by atoms with Crippen LogP contribution in [0, 0.1) is 17.0 Å². The van der Waals surface area contributed by atoms with Crippen molar-refractivity contribution in [3.8, 4) is 23.1 Å². The molecule has 280 valence electrons. The SMILES string of the molecule is Cc1cc(/C=C/C(=O)N2CCN(Cc3ccc(CCOc4ccc([N+](=O)[O-])cc4)cc3)CC2)cc(Cl)c1Oc1ccc(OCc2ccccc2Cl)cn1.Cl. The van der Waals surface area contributed by atoms with E-state index in [1.54, 1.807) is 48.7 Å². The van der Waals surface area contributed by atoms with Crippen LogP contribution >= 0.6 is 35.6 Å². The predicted molar refractivity (Wildman–Crippen MR) is 213 cm³/mol. The lowest BCUT2D eigenvalue weighted by molar-refractivity contribution is -0.384.